The molecule has 1 fully saturated rings. The summed E-state index contributed by atoms with van der Waals surface area (Å²) in [5.74, 6) is -1.45. The number of nitrogens with zero attached hydrogens (tertiary/aromatic N) is 1. The predicted molar refractivity (Wildman–Crippen MR) is 65.2 cm³/mol. The van der Waals surface area contributed by atoms with E-state index in [2.05, 4.69) is 10.5 Å². The molecule has 6 heteroatoms. The number of fused-ring (bicyclic) bond motifs is 2. The zero-order valence-corrected chi connectivity index (χ0v) is 10.4. The van der Waals surface area contributed by atoms with E-state index in [1.807, 2.05) is 12.2 Å². The summed E-state index contributed by atoms with van der Waals surface area (Å²) in [5.41, 5.74) is 0. The van der Waals surface area contributed by atoms with Crippen molar-refractivity contribution < 1.29 is 19.2 Å². The van der Waals surface area contributed by atoms with Crippen LogP contribution < -0.4 is 5.32 Å². The van der Waals surface area contributed by atoms with Crippen LogP contribution in [0.5, 0.6) is 0 Å². The summed E-state index contributed by atoms with van der Waals surface area (Å²) >= 11 is 0. The number of nitrogens with one attached hydrogen (secondary N) is 1. The second kappa shape index (κ2) is 4.22. The minimum Gasteiger partial charge on any atom is -0.481 e. The van der Waals surface area contributed by atoms with Crippen LogP contribution in [0.15, 0.2) is 22.7 Å². The number of aliphatic carboxylic acids is 1. The lowest BCUT2D eigenvalue weighted by molar-refractivity contribution is -0.146. The first kappa shape index (κ1) is 12.0. The maximum absolute atomic E-state index is 12.2. The highest BCUT2D eigenvalue weighted by Gasteiger charge is 2.51. The Morgan fingerprint density at radius 1 is 1.37 bits per heavy atom. The maximum Gasteiger partial charge on any atom is 0.307 e. The molecule has 0 saturated heterocycles. The number of rotatable bonds is 3. The van der Waals surface area contributed by atoms with E-state index < -0.39 is 17.8 Å². The molecule has 2 bridgehead atoms. The van der Waals surface area contributed by atoms with Gasteiger partial charge in [0.15, 0.2) is 5.82 Å². The lowest BCUT2D eigenvalue weighted by Gasteiger charge is -2.23. The van der Waals surface area contributed by atoms with Gasteiger partial charge < -0.3 is 14.9 Å². The van der Waals surface area contributed by atoms with Crippen molar-refractivity contribution >= 4 is 17.7 Å². The number of carbonyl (C=O) groups is 2. The number of carbonyl (C=O) groups excluding carboxylic acids is 1. The second-order valence-electron chi connectivity index (χ2n) is 5.15. The molecule has 2 aliphatic carbocycles. The smallest absolute Gasteiger partial charge is 0.307 e. The van der Waals surface area contributed by atoms with Gasteiger partial charge in [0.25, 0.3) is 0 Å². The molecule has 3 rings (SSSR count). The van der Waals surface area contributed by atoms with E-state index in [1.165, 1.54) is 0 Å². The van der Waals surface area contributed by atoms with Crippen LogP contribution in [0.25, 0.3) is 0 Å². The first-order chi connectivity index (χ1) is 9.06. The third kappa shape index (κ3) is 1.93. The standard InChI is InChI=1S/C13H14N2O4/c1-6-4-9(15-19-6)14-12(16)10-7-2-3-8(5-7)11(10)13(17)18/h2-4,7-8,10-11H,5H2,1H3,(H,17,18)(H,14,15,16)/t7-,8-,10+,11+/m0/s1. The Kier molecular flexibility index (Phi) is 2.66. The van der Waals surface area contributed by atoms with Crippen LogP contribution in [-0.2, 0) is 9.59 Å². The van der Waals surface area contributed by atoms with E-state index in [4.69, 9.17) is 4.52 Å². The predicted octanol–water partition coefficient (Wildman–Crippen LogP) is 1.44. The zero-order chi connectivity index (χ0) is 13.6. The number of anilines is 1. The fourth-order valence-electron chi connectivity index (χ4n) is 3.15. The van der Waals surface area contributed by atoms with Crippen LogP contribution in [0.3, 0.4) is 0 Å². The summed E-state index contributed by atoms with van der Waals surface area (Å²) in [4.78, 5) is 23.6. The van der Waals surface area contributed by atoms with Crippen molar-refractivity contribution in [2.45, 2.75) is 13.3 Å². The lowest BCUT2D eigenvalue weighted by Crippen LogP contribution is -2.36. The van der Waals surface area contributed by atoms with Crippen LogP contribution in [0.1, 0.15) is 12.2 Å². The Labute approximate surface area is 109 Å². The summed E-state index contributed by atoms with van der Waals surface area (Å²) in [5, 5.41) is 15.6. The average Bonchev–Trinajstić information content (AvgIpc) is 3.03. The molecule has 100 valence electrons. The van der Waals surface area contributed by atoms with Gasteiger partial charge >= 0.3 is 5.97 Å². The molecule has 2 aliphatic rings. The molecule has 1 amide bonds. The third-order valence-corrected chi connectivity index (χ3v) is 3.93. The van der Waals surface area contributed by atoms with Gasteiger partial charge in [-0.3, -0.25) is 9.59 Å². The molecule has 1 saturated carbocycles. The molecule has 4 atom stereocenters. The summed E-state index contributed by atoms with van der Waals surface area (Å²) in [6.45, 7) is 1.73. The van der Waals surface area contributed by atoms with E-state index in [0.29, 0.717) is 11.6 Å². The topological polar surface area (TPSA) is 92.4 Å². The Bertz CT molecular complexity index is 563. The molecule has 0 radical (unpaired) electrons. The van der Waals surface area contributed by atoms with Gasteiger partial charge in [0.1, 0.15) is 5.76 Å². The van der Waals surface area contributed by atoms with E-state index in [9.17, 15) is 14.7 Å². The van der Waals surface area contributed by atoms with E-state index in [-0.39, 0.29) is 17.7 Å². The molecular formula is C13H14N2O4. The van der Waals surface area contributed by atoms with Gasteiger partial charge in [-0.15, -0.1) is 0 Å². The first-order valence-corrected chi connectivity index (χ1v) is 6.21. The van der Waals surface area contributed by atoms with Crippen LogP contribution in [0, 0.1) is 30.6 Å². The van der Waals surface area contributed by atoms with Gasteiger partial charge in [-0.05, 0) is 25.2 Å². The van der Waals surface area contributed by atoms with Crippen LogP contribution in [-0.4, -0.2) is 22.1 Å². The van der Waals surface area contributed by atoms with Gasteiger partial charge in [-0.25, -0.2) is 0 Å². The fourth-order valence-corrected chi connectivity index (χ4v) is 3.15. The van der Waals surface area contributed by atoms with Crippen molar-refractivity contribution in [3.05, 3.63) is 24.0 Å². The molecular weight excluding hydrogens is 248 g/mol. The quantitative estimate of drug-likeness (QED) is 0.804. The molecule has 1 heterocycles. The molecule has 0 aliphatic heterocycles. The van der Waals surface area contributed by atoms with Crippen molar-refractivity contribution in [2.24, 2.45) is 23.7 Å². The normalized spacial score (nSPS) is 31.6. The minimum atomic E-state index is -0.909. The Morgan fingerprint density at radius 2 is 2.05 bits per heavy atom. The van der Waals surface area contributed by atoms with Crippen molar-refractivity contribution in [2.75, 3.05) is 5.32 Å². The number of amides is 1. The lowest BCUT2D eigenvalue weighted by atomic mass is 9.82. The number of carboxylic acid groups (broad SMARTS) is 1. The number of allylic oxidation sites excluding steroid dienone is 2. The average molecular weight is 262 g/mol. The molecule has 0 unspecified atom stereocenters. The Hall–Kier alpha value is -2.11. The summed E-state index contributed by atoms with van der Waals surface area (Å²) < 4.78 is 4.87. The van der Waals surface area contributed by atoms with Gasteiger partial charge in [0.2, 0.25) is 5.91 Å². The van der Waals surface area contributed by atoms with Crippen LogP contribution in [0.4, 0.5) is 5.82 Å². The number of hydrogen-bond acceptors (Lipinski definition) is 4. The van der Waals surface area contributed by atoms with Crippen molar-refractivity contribution in [3.8, 4) is 0 Å². The summed E-state index contributed by atoms with van der Waals surface area (Å²) in [7, 11) is 0. The van der Waals surface area contributed by atoms with Crippen molar-refractivity contribution in [1.82, 2.24) is 5.16 Å². The van der Waals surface area contributed by atoms with E-state index in [1.54, 1.807) is 13.0 Å². The van der Waals surface area contributed by atoms with Crippen molar-refractivity contribution in [1.29, 1.82) is 0 Å². The second-order valence-corrected chi connectivity index (χ2v) is 5.15. The molecule has 1 aromatic heterocycles. The third-order valence-electron chi connectivity index (χ3n) is 3.93. The fraction of sp³-hybridized carbons (Fsp3) is 0.462. The molecule has 1 aromatic rings. The molecule has 0 aromatic carbocycles. The largest absolute Gasteiger partial charge is 0.481 e. The van der Waals surface area contributed by atoms with Crippen LogP contribution >= 0.6 is 0 Å². The first-order valence-electron chi connectivity index (χ1n) is 6.21. The zero-order valence-electron chi connectivity index (χ0n) is 10.4. The number of hydrogen-bond donors (Lipinski definition) is 2. The van der Waals surface area contributed by atoms with Gasteiger partial charge in [-0.1, -0.05) is 17.3 Å². The molecule has 0 spiro atoms. The highest BCUT2D eigenvalue weighted by Crippen LogP contribution is 2.48. The monoisotopic (exact) mass is 262 g/mol. The molecule has 19 heavy (non-hydrogen) atoms. The summed E-state index contributed by atoms with van der Waals surface area (Å²) in [6, 6.07) is 1.61. The molecule has 2 N–H and O–H groups in total. The highest BCUT2D eigenvalue weighted by atomic mass is 16.5. The van der Waals surface area contributed by atoms with Gasteiger partial charge in [0.05, 0.1) is 11.8 Å². The highest BCUT2D eigenvalue weighted by molar-refractivity contribution is 5.95. The Morgan fingerprint density at radius 3 is 2.63 bits per heavy atom. The van der Waals surface area contributed by atoms with Crippen molar-refractivity contribution in [3.63, 3.8) is 0 Å². The number of carboxylic acids is 1. The summed E-state index contributed by atoms with van der Waals surface area (Å²) in [6.07, 6.45) is 4.60. The van der Waals surface area contributed by atoms with E-state index in [0.717, 1.165) is 6.42 Å². The Balaban J connectivity index is 1.79. The number of aryl methyl sites for hydroxylation is 1. The number of aromatic nitrogens is 1. The molecule has 6 nitrogen and oxygen atoms in total. The van der Waals surface area contributed by atoms with E-state index >= 15 is 0 Å². The minimum absolute atomic E-state index is 0.0131. The van der Waals surface area contributed by atoms with Gasteiger partial charge in [0, 0.05) is 6.07 Å². The van der Waals surface area contributed by atoms with Crippen LogP contribution in [0.2, 0.25) is 0 Å². The van der Waals surface area contributed by atoms with Gasteiger partial charge in [-0.2, -0.15) is 0 Å². The SMILES string of the molecule is Cc1cc(NC(=O)[C@H]2[C@H](C(=O)O)[C@H]3C=C[C@H]2C3)no1. The maximum atomic E-state index is 12.2.